The Labute approximate surface area is 94.6 Å². The highest BCUT2D eigenvalue weighted by atomic mass is 35.5. The van der Waals surface area contributed by atoms with Gasteiger partial charge in [0.05, 0.1) is 10.7 Å². The van der Waals surface area contributed by atoms with Gasteiger partial charge in [0.15, 0.2) is 0 Å². The van der Waals surface area contributed by atoms with Gasteiger partial charge in [0.25, 0.3) is 0 Å². The molecule has 3 N–H and O–H groups in total. The standard InChI is InChI=1S/C11H15ClN2O/c1-3-7(2)11(15)14-8-4-5-10(13)9(12)6-8/h4-7H,3,13H2,1-2H3,(H,14,15). The van der Waals surface area contributed by atoms with Crippen molar-refractivity contribution in [2.24, 2.45) is 5.92 Å². The zero-order chi connectivity index (χ0) is 11.4. The first-order valence-corrected chi connectivity index (χ1v) is 5.28. The quantitative estimate of drug-likeness (QED) is 0.779. The normalized spacial score (nSPS) is 12.2. The molecular weight excluding hydrogens is 212 g/mol. The molecule has 15 heavy (non-hydrogen) atoms. The van der Waals surface area contributed by atoms with Crippen LogP contribution in [0.25, 0.3) is 0 Å². The van der Waals surface area contributed by atoms with Crippen LogP contribution in [0.1, 0.15) is 20.3 Å². The highest BCUT2D eigenvalue weighted by Gasteiger charge is 2.10. The Balaban J connectivity index is 2.73. The minimum Gasteiger partial charge on any atom is -0.398 e. The van der Waals surface area contributed by atoms with Crippen molar-refractivity contribution in [2.45, 2.75) is 20.3 Å². The minimum absolute atomic E-state index is 0.00123. The van der Waals surface area contributed by atoms with Crippen molar-refractivity contribution in [1.29, 1.82) is 0 Å². The fourth-order valence-corrected chi connectivity index (χ4v) is 1.24. The molecule has 1 atom stereocenters. The molecule has 3 nitrogen and oxygen atoms in total. The summed E-state index contributed by atoms with van der Waals surface area (Å²) in [5, 5.41) is 3.24. The lowest BCUT2D eigenvalue weighted by molar-refractivity contribution is -0.119. The van der Waals surface area contributed by atoms with Crippen molar-refractivity contribution in [3.63, 3.8) is 0 Å². The second-order valence-electron chi connectivity index (χ2n) is 3.53. The summed E-state index contributed by atoms with van der Waals surface area (Å²) in [6, 6.07) is 5.06. The number of nitrogen functional groups attached to an aromatic ring is 1. The van der Waals surface area contributed by atoms with Gasteiger partial charge in [-0.05, 0) is 24.6 Å². The first-order valence-electron chi connectivity index (χ1n) is 4.90. The number of nitrogens with one attached hydrogen (secondary N) is 1. The molecule has 1 rings (SSSR count). The first-order chi connectivity index (χ1) is 7.04. The van der Waals surface area contributed by atoms with Crippen LogP contribution >= 0.6 is 11.6 Å². The summed E-state index contributed by atoms with van der Waals surface area (Å²) in [6.07, 6.45) is 0.814. The van der Waals surface area contributed by atoms with Crippen LogP contribution in [0.3, 0.4) is 0 Å². The molecular formula is C11H15ClN2O. The van der Waals surface area contributed by atoms with E-state index < -0.39 is 0 Å². The van der Waals surface area contributed by atoms with E-state index in [1.54, 1.807) is 18.2 Å². The monoisotopic (exact) mass is 226 g/mol. The second kappa shape index (κ2) is 5.03. The van der Waals surface area contributed by atoms with Gasteiger partial charge < -0.3 is 11.1 Å². The maximum Gasteiger partial charge on any atom is 0.227 e. The summed E-state index contributed by atoms with van der Waals surface area (Å²) in [5.41, 5.74) is 6.75. The molecule has 0 aliphatic carbocycles. The molecule has 0 heterocycles. The summed E-state index contributed by atoms with van der Waals surface area (Å²) >= 11 is 5.83. The Morgan fingerprint density at radius 3 is 2.80 bits per heavy atom. The number of amides is 1. The van der Waals surface area contributed by atoms with Crippen LogP contribution in [0.4, 0.5) is 11.4 Å². The molecule has 1 aromatic rings. The first kappa shape index (κ1) is 11.9. The predicted octanol–water partition coefficient (Wildman–Crippen LogP) is 2.91. The lowest BCUT2D eigenvalue weighted by atomic mass is 10.1. The van der Waals surface area contributed by atoms with Crippen LogP contribution < -0.4 is 11.1 Å². The summed E-state index contributed by atoms with van der Waals surface area (Å²) in [6.45, 7) is 3.86. The van der Waals surface area contributed by atoms with Gasteiger partial charge in [-0.15, -0.1) is 0 Å². The van der Waals surface area contributed by atoms with E-state index in [2.05, 4.69) is 5.32 Å². The molecule has 0 aliphatic heterocycles. The van der Waals surface area contributed by atoms with E-state index in [1.807, 2.05) is 13.8 Å². The third kappa shape index (κ3) is 3.13. The van der Waals surface area contributed by atoms with Crippen molar-refractivity contribution in [3.05, 3.63) is 23.2 Å². The highest BCUT2D eigenvalue weighted by molar-refractivity contribution is 6.33. The van der Waals surface area contributed by atoms with Gasteiger partial charge in [-0.1, -0.05) is 25.4 Å². The molecule has 0 fully saturated rings. The molecule has 0 aromatic heterocycles. The predicted molar refractivity (Wildman–Crippen MR) is 63.9 cm³/mol. The summed E-state index contributed by atoms with van der Waals surface area (Å²) < 4.78 is 0. The molecule has 0 saturated heterocycles. The number of carbonyl (C=O) groups is 1. The molecule has 4 heteroatoms. The van der Waals surface area contributed by atoms with E-state index in [9.17, 15) is 4.79 Å². The van der Waals surface area contributed by atoms with Gasteiger partial charge >= 0.3 is 0 Å². The van der Waals surface area contributed by atoms with E-state index >= 15 is 0 Å². The summed E-state index contributed by atoms with van der Waals surface area (Å²) in [7, 11) is 0. The fourth-order valence-electron chi connectivity index (χ4n) is 1.06. The van der Waals surface area contributed by atoms with Crippen LogP contribution in [0.15, 0.2) is 18.2 Å². The number of carbonyl (C=O) groups excluding carboxylic acids is 1. The molecule has 0 aliphatic rings. The van der Waals surface area contributed by atoms with E-state index in [0.29, 0.717) is 16.4 Å². The van der Waals surface area contributed by atoms with Crippen LogP contribution in [-0.2, 0) is 4.79 Å². The Hall–Kier alpha value is -1.22. The number of benzene rings is 1. The number of rotatable bonds is 3. The Kier molecular flexibility index (Phi) is 3.97. The van der Waals surface area contributed by atoms with Crippen molar-refractivity contribution < 1.29 is 4.79 Å². The van der Waals surface area contributed by atoms with Gasteiger partial charge in [-0.25, -0.2) is 0 Å². The Morgan fingerprint density at radius 2 is 2.27 bits per heavy atom. The zero-order valence-electron chi connectivity index (χ0n) is 8.88. The Morgan fingerprint density at radius 1 is 1.60 bits per heavy atom. The Bertz CT molecular complexity index is 366. The lowest BCUT2D eigenvalue weighted by Crippen LogP contribution is -2.19. The van der Waals surface area contributed by atoms with Crippen LogP contribution in [0.5, 0.6) is 0 Å². The minimum atomic E-state index is -0.00154. The average molecular weight is 227 g/mol. The van der Waals surface area contributed by atoms with Crippen molar-refractivity contribution >= 4 is 28.9 Å². The van der Waals surface area contributed by atoms with Gasteiger partial charge in [0.1, 0.15) is 0 Å². The summed E-state index contributed by atoms with van der Waals surface area (Å²) in [5.74, 6) is -0.000309. The number of halogens is 1. The number of nitrogens with two attached hydrogens (primary N) is 1. The van der Waals surface area contributed by atoms with E-state index in [4.69, 9.17) is 17.3 Å². The van der Waals surface area contributed by atoms with Crippen molar-refractivity contribution in [3.8, 4) is 0 Å². The molecule has 0 bridgehead atoms. The second-order valence-corrected chi connectivity index (χ2v) is 3.94. The molecule has 0 radical (unpaired) electrons. The van der Waals surface area contributed by atoms with E-state index in [1.165, 1.54) is 0 Å². The van der Waals surface area contributed by atoms with Crippen molar-refractivity contribution in [2.75, 3.05) is 11.1 Å². The smallest absolute Gasteiger partial charge is 0.227 e. The molecule has 0 saturated carbocycles. The van der Waals surface area contributed by atoms with Crippen molar-refractivity contribution in [1.82, 2.24) is 0 Å². The number of hydrogen-bond donors (Lipinski definition) is 2. The molecule has 1 unspecified atom stereocenters. The topological polar surface area (TPSA) is 55.1 Å². The fraction of sp³-hybridized carbons (Fsp3) is 0.364. The number of anilines is 2. The lowest BCUT2D eigenvalue weighted by Gasteiger charge is -2.10. The van der Waals surface area contributed by atoms with Gasteiger partial charge in [-0.3, -0.25) is 4.79 Å². The largest absolute Gasteiger partial charge is 0.398 e. The van der Waals surface area contributed by atoms with Gasteiger partial charge in [0, 0.05) is 11.6 Å². The van der Waals surface area contributed by atoms with E-state index in [0.717, 1.165) is 6.42 Å². The molecule has 1 aromatic carbocycles. The summed E-state index contributed by atoms with van der Waals surface area (Å²) in [4.78, 5) is 11.6. The molecule has 0 spiro atoms. The molecule has 1 amide bonds. The maximum atomic E-state index is 11.6. The van der Waals surface area contributed by atoms with Gasteiger partial charge in [-0.2, -0.15) is 0 Å². The van der Waals surface area contributed by atoms with Crippen LogP contribution in [0.2, 0.25) is 5.02 Å². The van der Waals surface area contributed by atoms with Crippen LogP contribution in [-0.4, -0.2) is 5.91 Å². The SMILES string of the molecule is CCC(C)C(=O)Nc1ccc(N)c(Cl)c1. The van der Waals surface area contributed by atoms with E-state index in [-0.39, 0.29) is 11.8 Å². The third-order valence-corrected chi connectivity index (χ3v) is 2.66. The average Bonchev–Trinajstić information content (AvgIpc) is 2.22. The maximum absolute atomic E-state index is 11.6. The van der Waals surface area contributed by atoms with Gasteiger partial charge in [0.2, 0.25) is 5.91 Å². The zero-order valence-corrected chi connectivity index (χ0v) is 9.64. The highest BCUT2D eigenvalue weighted by Crippen LogP contribution is 2.22. The van der Waals surface area contributed by atoms with Crippen LogP contribution in [0, 0.1) is 5.92 Å². The third-order valence-electron chi connectivity index (χ3n) is 2.33. The number of hydrogen-bond acceptors (Lipinski definition) is 2. The molecule has 82 valence electrons.